The fourth-order valence-electron chi connectivity index (χ4n) is 2.90. The van der Waals surface area contributed by atoms with E-state index in [0.717, 1.165) is 15.5 Å². The lowest BCUT2D eigenvalue weighted by molar-refractivity contribution is 0.163. The minimum atomic E-state index is -0.919. The van der Waals surface area contributed by atoms with Crippen LogP contribution in [0.2, 0.25) is 5.02 Å². The fourth-order valence-corrected chi connectivity index (χ4v) is 3.07. The Bertz CT molecular complexity index is 1160. The van der Waals surface area contributed by atoms with Crippen LogP contribution >= 0.6 is 11.6 Å². The van der Waals surface area contributed by atoms with Crippen molar-refractivity contribution < 1.29 is 10.0 Å². The van der Waals surface area contributed by atoms with Crippen LogP contribution in [0.5, 0.6) is 0 Å². The van der Waals surface area contributed by atoms with Crippen molar-refractivity contribution in [2.45, 2.75) is 0 Å². The molecule has 0 aliphatic rings. The van der Waals surface area contributed by atoms with Crippen LogP contribution in [0.1, 0.15) is 0 Å². The maximum atomic E-state index is 12.8. The zero-order valence-electron chi connectivity index (χ0n) is 12.2. The molecule has 3 N–H and O–H groups in total. The smallest absolute Gasteiger partial charge is 0.354 e. The van der Waals surface area contributed by atoms with E-state index in [2.05, 4.69) is 4.98 Å². The Labute approximate surface area is 139 Å². The number of halogens is 1. The summed E-state index contributed by atoms with van der Waals surface area (Å²) < 4.78 is 2.29. The lowest BCUT2D eigenvalue weighted by Gasteiger charge is -2.01. The first-order valence-electron chi connectivity index (χ1n) is 7.06. The number of hydrogen-bond acceptors (Lipinski definition) is 3. The van der Waals surface area contributed by atoms with Crippen molar-refractivity contribution >= 4 is 39.6 Å². The van der Waals surface area contributed by atoms with Crippen molar-refractivity contribution in [3.8, 4) is 5.69 Å². The van der Waals surface area contributed by atoms with E-state index in [1.807, 2.05) is 0 Å². The number of carbonyl (C=O) groups excluding carboxylic acids is 1. The van der Waals surface area contributed by atoms with E-state index in [1.54, 1.807) is 48.7 Å². The summed E-state index contributed by atoms with van der Waals surface area (Å²) in [5, 5.41) is 10.3. The normalized spacial score (nSPS) is 11.2. The van der Waals surface area contributed by atoms with Crippen molar-refractivity contribution in [2.75, 3.05) is 0 Å². The van der Waals surface area contributed by atoms with Gasteiger partial charge in [-0.2, -0.15) is 0 Å². The first-order valence-corrected chi connectivity index (χ1v) is 7.43. The van der Waals surface area contributed by atoms with Crippen molar-refractivity contribution in [2.24, 2.45) is 0 Å². The molecule has 2 aromatic carbocycles. The largest absolute Gasteiger partial charge is 0.359 e. The Balaban J connectivity index is 2.12. The number of aromatic nitrogens is 3. The predicted molar refractivity (Wildman–Crippen MR) is 90.1 cm³/mol. The van der Waals surface area contributed by atoms with Crippen molar-refractivity contribution in [1.29, 1.82) is 0 Å². The number of hydroxylamine groups is 1. The fraction of sp³-hybridized carbons (Fsp3) is 0. The summed E-state index contributed by atoms with van der Waals surface area (Å²) in [6.07, 6.45) is 1.68. The molecule has 0 atom stereocenters. The quantitative estimate of drug-likeness (QED) is 0.367. The van der Waals surface area contributed by atoms with E-state index < -0.39 is 11.7 Å². The first-order chi connectivity index (χ1) is 11.6. The van der Waals surface area contributed by atoms with Crippen LogP contribution in [0.15, 0.2) is 53.5 Å². The molecule has 0 radical (unpaired) electrons. The highest BCUT2D eigenvalue weighted by atomic mass is 35.5. The first kappa shape index (κ1) is 14.6. The molecule has 8 heteroatoms. The van der Waals surface area contributed by atoms with Gasteiger partial charge in [0.15, 0.2) is 0 Å². The van der Waals surface area contributed by atoms with E-state index in [-0.39, 0.29) is 0 Å². The SMILES string of the molecule is O=C(NO)n1c(=O)n(-c2c[nH]c3cc(Cl)ccc23)c2ccccc21. The second-order valence-electron chi connectivity index (χ2n) is 5.22. The van der Waals surface area contributed by atoms with Crippen LogP contribution in [0.4, 0.5) is 4.79 Å². The highest BCUT2D eigenvalue weighted by Gasteiger charge is 2.20. The number of carbonyl (C=O) groups is 1. The third-order valence-corrected chi connectivity index (χ3v) is 4.14. The molecule has 0 aliphatic carbocycles. The topological polar surface area (TPSA) is 92.0 Å². The molecule has 4 aromatic rings. The highest BCUT2D eigenvalue weighted by Crippen LogP contribution is 2.26. The van der Waals surface area contributed by atoms with E-state index in [0.29, 0.717) is 21.7 Å². The standard InChI is InChI=1S/C16H11ClN4O3/c17-9-5-6-10-11(7-9)18-8-14(10)20-12-3-1-2-4-13(12)21(16(20)23)15(22)19-24/h1-8,18,24H,(H,19,22). The predicted octanol–water partition coefficient (Wildman–Crippen LogP) is 2.87. The van der Waals surface area contributed by atoms with Crippen LogP contribution in [0.25, 0.3) is 27.6 Å². The van der Waals surface area contributed by atoms with Gasteiger partial charge in [-0.05, 0) is 30.3 Å². The van der Waals surface area contributed by atoms with Gasteiger partial charge >= 0.3 is 11.7 Å². The molecule has 1 amide bonds. The number of nitrogens with zero attached hydrogens (tertiary/aromatic N) is 2. The maximum absolute atomic E-state index is 12.8. The molecule has 0 fully saturated rings. The Hall–Kier alpha value is -3.03. The van der Waals surface area contributed by atoms with Crippen molar-refractivity contribution in [3.63, 3.8) is 0 Å². The number of fused-ring (bicyclic) bond motifs is 2. The molecule has 24 heavy (non-hydrogen) atoms. The van der Waals surface area contributed by atoms with Gasteiger partial charge in [-0.25, -0.2) is 19.6 Å². The van der Waals surface area contributed by atoms with Gasteiger partial charge in [-0.1, -0.05) is 23.7 Å². The number of amides is 1. The van der Waals surface area contributed by atoms with Crippen LogP contribution in [-0.2, 0) is 0 Å². The van der Waals surface area contributed by atoms with E-state index >= 15 is 0 Å². The number of benzene rings is 2. The summed E-state index contributed by atoms with van der Waals surface area (Å²) in [6.45, 7) is 0. The summed E-state index contributed by atoms with van der Waals surface area (Å²) in [6, 6.07) is 11.2. The number of imidazole rings is 1. The van der Waals surface area contributed by atoms with Gasteiger partial charge in [-0.3, -0.25) is 9.77 Å². The van der Waals surface area contributed by atoms with Gasteiger partial charge in [0.25, 0.3) is 0 Å². The van der Waals surface area contributed by atoms with E-state index in [1.165, 1.54) is 10.0 Å². The molecule has 0 bridgehead atoms. The van der Waals surface area contributed by atoms with E-state index in [4.69, 9.17) is 16.8 Å². The molecule has 7 nitrogen and oxygen atoms in total. The summed E-state index contributed by atoms with van der Waals surface area (Å²) in [5.41, 5.74) is 3.21. The van der Waals surface area contributed by atoms with E-state index in [9.17, 15) is 9.59 Å². The highest BCUT2D eigenvalue weighted by molar-refractivity contribution is 6.31. The molecule has 2 heterocycles. The number of aromatic amines is 1. The van der Waals surface area contributed by atoms with Gasteiger partial charge < -0.3 is 4.98 Å². The van der Waals surface area contributed by atoms with Gasteiger partial charge in [0.05, 0.1) is 16.7 Å². The van der Waals surface area contributed by atoms with Crippen LogP contribution < -0.4 is 11.2 Å². The van der Waals surface area contributed by atoms with Crippen LogP contribution in [0.3, 0.4) is 0 Å². The van der Waals surface area contributed by atoms with Gasteiger partial charge in [0, 0.05) is 22.1 Å². The van der Waals surface area contributed by atoms with Gasteiger partial charge in [0.1, 0.15) is 0 Å². The van der Waals surface area contributed by atoms with Crippen LogP contribution in [0, 0.1) is 0 Å². The average molecular weight is 343 g/mol. The molecule has 4 rings (SSSR count). The number of nitrogens with one attached hydrogen (secondary N) is 2. The number of para-hydroxylation sites is 2. The third-order valence-electron chi connectivity index (χ3n) is 3.91. The maximum Gasteiger partial charge on any atom is 0.354 e. The second-order valence-corrected chi connectivity index (χ2v) is 5.66. The molecule has 0 saturated heterocycles. The van der Waals surface area contributed by atoms with Crippen molar-refractivity contribution in [3.05, 3.63) is 64.2 Å². The zero-order valence-corrected chi connectivity index (χ0v) is 12.9. The molecule has 120 valence electrons. The number of H-pyrrole nitrogens is 1. The molecule has 0 unspecified atom stereocenters. The Morgan fingerprint density at radius 2 is 1.92 bits per heavy atom. The third kappa shape index (κ3) is 1.96. The lowest BCUT2D eigenvalue weighted by Crippen LogP contribution is -2.34. The minimum absolute atomic E-state index is 0.386. The second kappa shape index (κ2) is 5.26. The molecular weight excluding hydrogens is 332 g/mol. The molecule has 0 saturated carbocycles. The van der Waals surface area contributed by atoms with Gasteiger partial charge in [-0.15, -0.1) is 0 Å². The molecular formula is C16H11ClN4O3. The summed E-state index contributed by atoms with van der Waals surface area (Å²) in [5.74, 6) is 0. The summed E-state index contributed by atoms with van der Waals surface area (Å²) >= 11 is 5.99. The number of hydrogen-bond donors (Lipinski definition) is 3. The summed E-state index contributed by atoms with van der Waals surface area (Å²) in [4.78, 5) is 27.8. The Morgan fingerprint density at radius 1 is 1.17 bits per heavy atom. The minimum Gasteiger partial charge on any atom is -0.359 e. The monoisotopic (exact) mass is 342 g/mol. The molecule has 0 aliphatic heterocycles. The zero-order chi connectivity index (χ0) is 16.8. The van der Waals surface area contributed by atoms with Crippen LogP contribution in [-0.4, -0.2) is 25.4 Å². The molecule has 2 aromatic heterocycles. The molecule has 0 spiro atoms. The Morgan fingerprint density at radius 3 is 2.67 bits per heavy atom. The lowest BCUT2D eigenvalue weighted by atomic mass is 10.2. The average Bonchev–Trinajstić information content (AvgIpc) is 3.11. The number of rotatable bonds is 1. The summed E-state index contributed by atoms with van der Waals surface area (Å²) in [7, 11) is 0. The Kier molecular flexibility index (Phi) is 3.19. The van der Waals surface area contributed by atoms with Gasteiger partial charge in [0.2, 0.25) is 0 Å². The van der Waals surface area contributed by atoms with Crippen molar-refractivity contribution in [1.82, 2.24) is 19.6 Å².